The zero-order valence-corrected chi connectivity index (χ0v) is 10.8. The second kappa shape index (κ2) is 11.3. The Morgan fingerprint density at radius 3 is 1.81 bits per heavy atom. The van der Waals surface area contributed by atoms with Gasteiger partial charge in [-0.25, -0.2) is 0 Å². The molecule has 1 atom stereocenters. The summed E-state index contributed by atoms with van der Waals surface area (Å²) in [6.45, 7) is 10.2. The maximum Gasteiger partial charge on any atom is 0.0701 e. The van der Waals surface area contributed by atoms with Crippen molar-refractivity contribution in [2.24, 2.45) is 11.8 Å². The Balaban J connectivity index is 3.04. The summed E-state index contributed by atoms with van der Waals surface area (Å²) in [5, 5.41) is 8.45. The van der Waals surface area contributed by atoms with Crippen LogP contribution in [-0.4, -0.2) is 51.4 Å². The fourth-order valence-corrected chi connectivity index (χ4v) is 0.966. The number of hydrogen-bond acceptors (Lipinski definition) is 4. The van der Waals surface area contributed by atoms with E-state index in [0.29, 0.717) is 44.9 Å². The maximum absolute atomic E-state index is 8.45. The molecule has 1 N–H and O–H groups in total. The van der Waals surface area contributed by atoms with Gasteiger partial charge >= 0.3 is 0 Å². The molecule has 0 aromatic heterocycles. The van der Waals surface area contributed by atoms with Gasteiger partial charge in [-0.1, -0.05) is 20.8 Å². The lowest BCUT2D eigenvalue weighted by atomic mass is 9.99. The molecule has 0 saturated heterocycles. The van der Waals surface area contributed by atoms with Gasteiger partial charge in [0.2, 0.25) is 0 Å². The minimum atomic E-state index is 0.0657. The molecular formula is C12H26O4. The summed E-state index contributed by atoms with van der Waals surface area (Å²) in [7, 11) is 0. The Hall–Kier alpha value is -0.160. The molecule has 0 aromatic rings. The molecule has 0 radical (unpaired) electrons. The number of hydrogen-bond donors (Lipinski definition) is 1. The third-order valence-corrected chi connectivity index (χ3v) is 2.50. The second-order valence-corrected chi connectivity index (χ2v) is 4.24. The van der Waals surface area contributed by atoms with Crippen LogP contribution in [0.2, 0.25) is 0 Å². The van der Waals surface area contributed by atoms with Crippen LogP contribution in [0.3, 0.4) is 0 Å². The number of ether oxygens (including phenoxy) is 3. The molecular weight excluding hydrogens is 208 g/mol. The van der Waals surface area contributed by atoms with Crippen molar-refractivity contribution in [1.82, 2.24) is 0 Å². The van der Waals surface area contributed by atoms with Crippen molar-refractivity contribution in [1.29, 1.82) is 0 Å². The van der Waals surface area contributed by atoms with Crippen molar-refractivity contribution >= 4 is 0 Å². The van der Waals surface area contributed by atoms with Gasteiger partial charge in [-0.15, -0.1) is 0 Å². The smallest absolute Gasteiger partial charge is 0.0701 e. The van der Waals surface area contributed by atoms with Crippen molar-refractivity contribution in [2.45, 2.75) is 20.8 Å². The summed E-state index contributed by atoms with van der Waals surface area (Å²) in [5.41, 5.74) is 0. The molecule has 0 rings (SSSR count). The Morgan fingerprint density at radius 1 is 0.812 bits per heavy atom. The molecule has 0 aromatic carbocycles. The first-order valence-electron chi connectivity index (χ1n) is 6.02. The summed E-state index contributed by atoms with van der Waals surface area (Å²) >= 11 is 0. The van der Waals surface area contributed by atoms with Crippen LogP contribution in [0, 0.1) is 11.8 Å². The molecule has 1 unspecified atom stereocenters. The van der Waals surface area contributed by atoms with Crippen molar-refractivity contribution < 1.29 is 19.3 Å². The van der Waals surface area contributed by atoms with Crippen LogP contribution in [0.1, 0.15) is 20.8 Å². The van der Waals surface area contributed by atoms with E-state index in [4.69, 9.17) is 19.3 Å². The van der Waals surface area contributed by atoms with Crippen molar-refractivity contribution in [3.63, 3.8) is 0 Å². The average molecular weight is 234 g/mol. The van der Waals surface area contributed by atoms with Gasteiger partial charge < -0.3 is 19.3 Å². The molecule has 4 heteroatoms. The van der Waals surface area contributed by atoms with Crippen LogP contribution in [-0.2, 0) is 14.2 Å². The van der Waals surface area contributed by atoms with Gasteiger partial charge in [-0.05, 0) is 11.8 Å². The van der Waals surface area contributed by atoms with Gasteiger partial charge in [-0.3, -0.25) is 0 Å². The Kier molecular flexibility index (Phi) is 11.2. The Bertz CT molecular complexity index is 139. The molecule has 0 aliphatic carbocycles. The van der Waals surface area contributed by atoms with E-state index in [2.05, 4.69) is 20.8 Å². The lowest BCUT2D eigenvalue weighted by molar-refractivity contribution is 0.000197. The Labute approximate surface area is 98.9 Å². The van der Waals surface area contributed by atoms with E-state index in [0.717, 1.165) is 6.61 Å². The largest absolute Gasteiger partial charge is 0.394 e. The van der Waals surface area contributed by atoms with Crippen LogP contribution < -0.4 is 0 Å². The highest BCUT2D eigenvalue weighted by Gasteiger charge is 2.06. The van der Waals surface area contributed by atoms with E-state index in [9.17, 15) is 0 Å². The second-order valence-electron chi connectivity index (χ2n) is 4.24. The van der Waals surface area contributed by atoms with Crippen molar-refractivity contribution in [3.8, 4) is 0 Å². The minimum absolute atomic E-state index is 0.0657. The summed E-state index contributed by atoms with van der Waals surface area (Å²) in [6.07, 6.45) is 0. The highest BCUT2D eigenvalue weighted by Crippen LogP contribution is 2.09. The van der Waals surface area contributed by atoms with E-state index >= 15 is 0 Å². The van der Waals surface area contributed by atoms with Gasteiger partial charge in [0, 0.05) is 6.61 Å². The van der Waals surface area contributed by atoms with Gasteiger partial charge in [0.15, 0.2) is 0 Å². The molecule has 0 heterocycles. The average Bonchev–Trinajstić information content (AvgIpc) is 2.26. The molecule has 16 heavy (non-hydrogen) atoms. The topological polar surface area (TPSA) is 47.9 Å². The van der Waals surface area contributed by atoms with E-state index in [1.807, 2.05) is 0 Å². The molecule has 0 fully saturated rings. The van der Waals surface area contributed by atoms with Gasteiger partial charge in [-0.2, -0.15) is 0 Å². The molecule has 0 amide bonds. The van der Waals surface area contributed by atoms with Crippen LogP contribution in [0.25, 0.3) is 0 Å². The van der Waals surface area contributed by atoms with Gasteiger partial charge in [0.1, 0.15) is 0 Å². The molecule has 0 spiro atoms. The zero-order valence-electron chi connectivity index (χ0n) is 10.8. The van der Waals surface area contributed by atoms with E-state index in [1.165, 1.54) is 0 Å². The summed E-state index contributed by atoms with van der Waals surface area (Å²) in [5.74, 6) is 1.25. The predicted octanol–water partition coefficient (Wildman–Crippen LogP) is 1.32. The molecule has 0 aliphatic rings. The monoisotopic (exact) mass is 234 g/mol. The van der Waals surface area contributed by atoms with E-state index in [1.54, 1.807) is 0 Å². The third-order valence-electron chi connectivity index (χ3n) is 2.50. The first-order chi connectivity index (χ1) is 7.68. The number of aliphatic hydroxyl groups is 1. The predicted molar refractivity (Wildman–Crippen MR) is 63.5 cm³/mol. The molecule has 0 aliphatic heterocycles. The molecule has 98 valence electrons. The van der Waals surface area contributed by atoms with Crippen LogP contribution in [0.5, 0.6) is 0 Å². The SMILES string of the molecule is CC(C)C(C)COCCOCCOCCO. The first-order valence-corrected chi connectivity index (χ1v) is 6.02. The van der Waals surface area contributed by atoms with E-state index in [-0.39, 0.29) is 6.61 Å². The standard InChI is InChI=1S/C12H26O4/c1-11(2)12(3)10-16-9-8-15-7-6-14-5-4-13/h11-13H,4-10H2,1-3H3. The summed E-state index contributed by atoms with van der Waals surface area (Å²) in [4.78, 5) is 0. The van der Waals surface area contributed by atoms with Crippen LogP contribution in [0.15, 0.2) is 0 Å². The Morgan fingerprint density at radius 2 is 1.31 bits per heavy atom. The summed E-state index contributed by atoms with van der Waals surface area (Å²) < 4.78 is 15.8. The lowest BCUT2D eigenvalue weighted by Crippen LogP contribution is -2.15. The fraction of sp³-hybridized carbons (Fsp3) is 1.00. The summed E-state index contributed by atoms with van der Waals surface area (Å²) in [6, 6.07) is 0. The lowest BCUT2D eigenvalue weighted by Gasteiger charge is -2.15. The van der Waals surface area contributed by atoms with Crippen LogP contribution >= 0.6 is 0 Å². The number of aliphatic hydroxyl groups excluding tert-OH is 1. The van der Waals surface area contributed by atoms with Gasteiger partial charge in [0.05, 0.1) is 39.6 Å². The third kappa shape index (κ3) is 10.4. The highest BCUT2D eigenvalue weighted by atomic mass is 16.5. The molecule has 0 saturated carbocycles. The van der Waals surface area contributed by atoms with Crippen LogP contribution in [0.4, 0.5) is 0 Å². The number of rotatable bonds is 11. The molecule has 0 bridgehead atoms. The van der Waals surface area contributed by atoms with E-state index < -0.39 is 0 Å². The van der Waals surface area contributed by atoms with Gasteiger partial charge in [0.25, 0.3) is 0 Å². The maximum atomic E-state index is 8.45. The van der Waals surface area contributed by atoms with Crippen molar-refractivity contribution in [3.05, 3.63) is 0 Å². The fourth-order valence-electron chi connectivity index (χ4n) is 0.966. The normalized spacial score (nSPS) is 13.3. The first kappa shape index (κ1) is 15.8. The highest BCUT2D eigenvalue weighted by molar-refractivity contribution is 4.54. The molecule has 4 nitrogen and oxygen atoms in total. The quantitative estimate of drug-likeness (QED) is 0.548. The minimum Gasteiger partial charge on any atom is -0.394 e. The van der Waals surface area contributed by atoms with Crippen molar-refractivity contribution in [2.75, 3.05) is 46.2 Å². The zero-order chi connectivity index (χ0) is 12.2.